The molecule has 2 aliphatic heterocycles. The Morgan fingerprint density at radius 2 is 1.52 bits per heavy atom. The number of hydrogen-bond donors (Lipinski definition) is 1. The number of carbonyl (C=O) groups excluding carboxylic acids is 2. The van der Waals surface area contributed by atoms with E-state index in [0.29, 0.717) is 44.7 Å². The Labute approximate surface area is 184 Å². The van der Waals surface area contributed by atoms with Crippen LogP contribution in [0.15, 0.2) is 29.2 Å². The van der Waals surface area contributed by atoms with Gasteiger partial charge in [-0.1, -0.05) is 6.92 Å². The summed E-state index contributed by atoms with van der Waals surface area (Å²) in [7, 11) is -3.52. The van der Waals surface area contributed by atoms with E-state index in [-0.39, 0.29) is 28.5 Å². The van der Waals surface area contributed by atoms with Gasteiger partial charge in [0, 0.05) is 56.8 Å². The number of rotatable bonds is 6. The number of benzene rings is 1. The quantitative estimate of drug-likeness (QED) is 0.714. The molecule has 0 unspecified atom stereocenters. The first-order chi connectivity index (χ1) is 14.9. The first-order valence-corrected chi connectivity index (χ1v) is 12.7. The highest BCUT2D eigenvalue weighted by Crippen LogP contribution is 2.32. The van der Waals surface area contributed by atoms with Crippen LogP contribution >= 0.6 is 0 Å². The van der Waals surface area contributed by atoms with Crippen LogP contribution in [-0.2, 0) is 19.6 Å². The molecule has 1 saturated carbocycles. The average molecular weight is 449 g/mol. The van der Waals surface area contributed by atoms with Gasteiger partial charge in [0.15, 0.2) is 0 Å². The highest BCUT2D eigenvalue weighted by Gasteiger charge is 2.36. The molecule has 170 valence electrons. The van der Waals surface area contributed by atoms with Gasteiger partial charge in [0.05, 0.1) is 4.90 Å². The maximum absolute atomic E-state index is 12.9. The lowest BCUT2D eigenvalue weighted by Gasteiger charge is -2.33. The lowest BCUT2D eigenvalue weighted by Crippen LogP contribution is -2.48. The van der Waals surface area contributed by atoms with E-state index in [2.05, 4.69) is 17.1 Å². The van der Waals surface area contributed by atoms with Crippen LogP contribution in [-0.4, -0.2) is 80.2 Å². The van der Waals surface area contributed by atoms with Gasteiger partial charge in [0.2, 0.25) is 21.8 Å². The minimum atomic E-state index is -3.52. The Balaban J connectivity index is 1.30. The maximum atomic E-state index is 12.9. The fourth-order valence-electron chi connectivity index (χ4n) is 4.34. The van der Waals surface area contributed by atoms with Crippen LogP contribution in [0.2, 0.25) is 0 Å². The van der Waals surface area contributed by atoms with Gasteiger partial charge in [-0.25, -0.2) is 8.42 Å². The Kier molecular flexibility index (Phi) is 6.64. The number of nitrogens with one attached hydrogen (secondary N) is 1. The summed E-state index contributed by atoms with van der Waals surface area (Å²) in [4.78, 5) is 29.2. The molecule has 1 N–H and O–H groups in total. The van der Waals surface area contributed by atoms with Gasteiger partial charge in [0.1, 0.15) is 0 Å². The van der Waals surface area contributed by atoms with Gasteiger partial charge in [-0.2, -0.15) is 4.31 Å². The number of piperidine rings is 1. The van der Waals surface area contributed by atoms with Crippen molar-refractivity contribution in [2.24, 2.45) is 11.8 Å². The summed E-state index contributed by atoms with van der Waals surface area (Å²) in [5.41, 5.74) is 0.594. The molecule has 31 heavy (non-hydrogen) atoms. The summed E-state index contributed by atoms with van der Waals surface area (Å²) in [5, 5.41) is 2.90. The summed E-state index contributed by atoms with van der Waals surface area (Å²) < 4.78 is 27.3. The van der Waals surface area contributed by atoms with Crippen molar-refractivity contribution in [1.29, 1.82) is 0 Å². The molecule has 9 heteroatoms. The van der Waals surface area contributed by atoms with Crippen molar-refractivity contribution >= 4 is 27.5 Å². The second-order valence-electron chi connectivity index (χ2n) is 8.73. The summed E-state index contributed by atoms with van der Waals surface area (Å²) in [6.07, 6.45) is 3.33. The summed E-state index contributed by atoms with van der Waals surface area (Å²) in [5.74, 6) is 0.272. The van der Waals surface area contributed by atoms with Gasteiger partial charge in [-0.05, 0) is 56.5 Å². The zero-order valence-electron chi connectivity index (χ0n) is 18.1. The molecule has 1 aromatic rings. The molecule has 0 bridgehead atoms. The number of sulfonamides is 1. The molecule has 2 heterocycles. The van der Waals surface area contributed by atoms with Crippen molar-refractivity contribution in [2.75, 3.05) is 51.1 Å². The van der Waals surface area contributed by atoms with Crippen LogP contribution < -0.4 is 5.32 Å². The zero-order valence-corrected chi connectivity index (χ0v) is 18.9. The van der Waals surface area contributed by atoms with Gasteiger partial charge in [-0.15, -0.1) is 0 Å². The molecule has 2 amide bonds. The number of anilines is 1. The van der Waals surface area contributed by atoms with Crippen molar-refractivity contribution < 1.29 is 18.0 Å². The topological polar surface area (TPSA) is 90.0 Å². The highest BCUT2D eigenvalue weighted by molar-refractivity contribution is 7.89. The normalized spacial score (nSPS) is 21.8. The Morgan fingerprint density at radius 1 is 0.903 bits per heavy atom. The van der Waals surface area contributed by atoms with Gasteiger partial charge in [0.25, 0.3) is 0 Å². The van der Waals surface area contributed by atoms with E-state index in [1.165, 1.54) is 4.31 Å². The van der Waals surface area contributed by atoms with Crippen molar-refractivity contribution in [3.8, 4) is 0 Å². The SMILES string of the molecule is CCN1CCN(S(=O)(=O)c2ccc(NC(=O)C3CCN(C(=O)C4CC4)CC3)cc2)CC1. The van der Waals surface area contributed by atoms with Crippen LogP contribution in [0, 0.1) is 11.8 Å². The first-order valence-electron chi connectivity index (χ1n) is 11.3. The second kappa shape index (κ2) is 9.26. The van der Waals surface area contributed by atoms with Crippen molar-refractivity contribution in [3.05, 3.63) is 24.3 Å². The molecule has 0 radical (unpaired) electrons. The number of nitrogens with zero attached hydrogens (tertiary/aromatic N) is 3. The van der Waals surface area contributed by atoms with Crippen molar-refractivity contribution in [1.82, 2.24) is 14.1 Å². The first kappa shape index (κ1) is 22.2. The molecule has 1 aliphatic carbocycles. The Bertz CT molecular complexity index is 898. The van der Waals surface area contributed by atoms with Crippen LogP contribution in [0.3, 0.4) is 0 Å². The molecule has 0 aromatic heterocycles. The fourth-order valence-corrected chi connectivity index (χ4v) is 5.76. The number of likely N-dealkylation sites (N-methyl/N-ethyl adjacent to an activating group) is 1. The standard InChI is InChI=1S/C22H32N4O4S/c1-2-24-13-15-26(16-14-24)31(29,30)20-7-5-19(6-8-20)23-21(27)17-9-11-25(12-10-17)22(28)18-3-4-18/h5-8,17-18H,2-4,9-16H2,1H3,(H,23,27). The predicted molar refractivity (Wildman–Crippen MR) is 118 cm³/mol. The molecule has 1 aromatic carbocycles. The number of hydrogen-bond acceptors (Lipinski definition) is 5. The van der Waals surface area contributed by atoms with Crippen LogP contribution in [0.5, 0.6) is 0 Å². The molecule has 8 nitrogen and oxygen atoms in total. The lowest BCUT2D eigenvalue weighted by atomic mass is 9.95. The molecule has 3 aliphatic rings. The molecule has 3 fully saturated rings. The van der Waals surface area contributed by atoms with Crippen LogP contribution in [0.4, 0.5) is 5.69 Å². The van der Waals surface area contributed by atoms with Crippen LogP contribution in [0.25, 0.3) is 0 Å². The average Bonchev–Trinajstić information content (AvgIpc) is 3.64. The third-order valence-electron chi connectivity index (χ3n) is 6.64. The smallest absolute Gasteiger partial charge is 0.243 e. The molecular weight excluding hydrogens is 416 g/mol. The third-order valence-corrected chi connectivity index (χ3v) is 8.55. The van der Waals surface area contributed by atoms with Crippen molar-refractivity contribution in [3.63, 3.8) is 0 Å². The van der Waals surface area contributed by atoms with E-state index in [4.69, 9.17) is 0 Å². The summed E-state index contributed by atoms with van der Waals surface area (Å²) in [6.45, 7) is 6.76. The lowest BCUT2D eigenvalue weighted by molar-refractivity contribution is -0.135. The Morgan fingerprint density at radius 3 is 2.06 bits per heavy atom. The zero-order chi connectivity index (χ0) is 22.0. The predicted octanol–water partition coefficient (Wildman–Crippen LogP) is 1.60. The second-order valence-corrected chi connectivity index (χ2v) is 10.7. The van der Waals surface area contributed by atoms with E-state index in [9.17, 15) is 18.0 Å². The molecule has 4 rings (SSSR count). The number of piperazine rings is 1. The van der Waals surface area contributed by atoms with E-state index in [1.54, 1.807) is 24.3 Å². The van der Waals surface area contributed by atoms with Crippen molar-refractivity contribution in [2.45, 2.75) is 37.5 Å². The molecule has 0 atom stereocenters. The largest absolute Gasteiger partial charge is 0.342 e. The van der Waals surface area contributed by atoms with Gasteiger partial charge < -0.3 is 15.1 Å². The van der Waals surface area contributed by atoms with E-state index in [0.717, 1.165) is 32.5 Å². The van der Waals surface area contributed by atoms with E-state index in [1.807, 2.05) is 4.90 Å². The molecule has 0 spiro atoms. The third kappa shape index (κ3) is 5.10. The summed E-state index contributed by atoms with van der Waals surface area (Å²) in [6, 6.07) is 6.43. The minimum absolute atomic E-state index is 0.0650. The molecule has 2 saturated heterocycles. The number of carbonyl (C=O) groups is 2. The Hall–Kier alpha value is -1.97. The molecular formula is C22H32N4O4S. The number of amides is 2. The fraction of sp³-hybridized carbons (Fsp3) is 0.636. The van der Waals surface area contributed by atoms with Crippen LogP contribution in [0.1, 0.15) is 32.6 Å². The minimum Gasteiger partial charge on any atom is -0.342 e. The summed E-state index contributed by atoms with van der Waals surface area (Å²) >= 11 is 0. The highest BCUT2D eigenvalue weighted by atomic mass is 32.2. The van der Waals surface area contributed by atoms with Gasteiger partial charge in [-0.3, -0.25) is 9.59 Å². The number of likely N-dealkylation sites (tertiary alicyclic amines) is 1. The van der Waals surface area contributed by atoms with E-state index >= 15 is 0 Å². The van der Waals surface area contributed by atoms with Gasteiger partial charge >= 0.3 is 0 Å². The van der Waals surface area contributed by atoms with E-state index < -0.39 is 10.0 Å². The monoisotopic (exact) mass is 448 g/mol. The maximum Gasteiger partial charge on any atom is 0.243 e.